The van der Waals surface area contributed by atoms with Crippen molar-refractivity contribution in [3.8, 4) is 0 Å². The van der Waals surface area contributed by atoms with E-state index in [1.54, 1.807) is 0 Å². The molecule has 1 atom stereocenters. The Hall–Kier alpha value is -1.64. The summed E-state index contributed by atoms with van der Waals surface area (Å²) in [6.45, 7) is 6.85. The molecular weight excluding hydrogens is 475 g/mol. The Morgan fingerprint density at radius 3 is 2.59 bits per heavy atom. The maximum absolute atomic E-state index is 4.97. The molecule has 0 bridgehead atoms. The van der Waals surface area contributed by atoms with Crippen molar-refractivity contribution in [2.75, 3.05) is 13.1 Å². The molecule has 0 spiro atoms. The minimum Gasteiger partial charge on any atom is -0.353 e. The largest absolute Gasteiger partial charge is 0.353 e. The van der Waals surface area contributed by atoms with Crippen molar-refractivity contribution in [2.24, 2.45) is 12.0 Å². The number of aromatic nitrogens is 3. The third-order valence-electron chi connectivity index (χ3n) is 6.36. The maximum atomic E-state index is 4.97. The molecule has 2 fully saturated rings. The number of halogens is 1. The summed E-state index contributed by atoms with van der Waals surface area (Å²) in [6, 6.07) is 9.35. The molecule has 1 N–H and O–H groups in total. The Morgan fingerprint density at radius 1 is 1.14 bits per heavy atom. The highest BCUT2D eigenvalue weighted by atomic mass is 127. The molecule has 1 aliphatic carbocycles. The topological polar surface area (TPSA) is 58.3 Å². The van der Waals surface area contributed by atoms with Crippen LogP contribution in [0.25, 0.3) is 0 Å². The number of rotatable bonds is 4. The first-order chi connectivity index (χ1) is 13.6. The van der Waals surface area contributed by atoms with Gasteiger partial charge in [0, 0.05) is 32.1 Å². The van der Waals surface area contributed by atoms with Crippen LogP contribution in [0, 0.1) is 13.8 Å². The summed E-state index contributed by atoms with van der Waals surface area (Å²) >= 11 is 0. The van der Waals surface area contributed by atoms with Crippen LogP contribution >= 0.6 is 24.0 Å². The van der Waals surface area contributed by atoms with Crippen molar-refractivity contribution in [2.45, 2.75) is 64.5 Å². The van der Waals surface area contributed by atoms with Gasteiger partial charge >= 0.3 is 0 Å². The highest BCUT2D eigenvalue weighted by Crippen LogP contribution is 2.29. The molecule has 2 aliphatic rings. The fraction of sp³-hybridized carbons (Fsp3) is 0.591. The normalized spacial score (nSPS) is 20.2. The zero-order valence-corrected chi connectivity index (χ0v) is 20.1. The molecule has 1 saturated carbocycles. The van der Waals surface area contributed by atoms with Crippen LogP contribution < -0.4 is 5.32 Å². The monoisotopic (exact) mass is 508 g/mol. The molecule has 0 amide bonds. The fourth-order valence-electron chi connectivity index (χ4n) is 4.48. The molecule has 7 heteroatoms. The van der Waals surface area contributed by atoms with Gasteiger partial charge in [0.1, 0.15) is 12.4 Å². The third kappa shape index (κ3) is 5.10. The second-order valence-corrected chi connectivity index (χ2v) is 8.28. The summed E-state index contributed by atoms with van der Waals surface area (Å²) < 4.78 is 2.02. The molecule has 1 aromatic carbocycles. The second-order valence-electron chi connectivity index (χ2n) is 8.28. The number of nitrogens with zero attached hydrogens (tertiary/aromatic N) is 5. The Morgan fingerprint density at radius 2 is 1.90 bits per heavy atom. The van der Waals surface area contributed by atoms with E-state index in [-0.39, 0.29) is 24.0 Å². The minimum absolute atomic E-state index is 0. The first-order valence-corrected chi connectivity index (χ1v) is 10.6. The number of benzene rings is 1. The van der Waals surface area contributed by atoms with E-state index >= 15 is 0 Å². The molecule has 2 aromatic rings. The summed E-state index contributed by atoms with van der Waals surface area (Å²) in [5.41, 5.74) is 2.88. The highest BCUT2D eigenvalue weighted by Gasteiger charge is 2.28. The molecule has 1 saturated heterocycles. The van der Waals surface area contributed by atoms with Crippen molar-refractivity contribution in [3.63, 3.8) is 0 Å². The summed E-state index contributed by atoms with van der Waals surface area (Å²) in [7, 11) is 2.01. The first-order valence-electron chi connectivity index (χ1n) is 10.6. The quantitative estimate of drug-likeness (QED) is 0.387. The van der Waals surface area contributed by atoms with E-state index in [9.17, 15) is 0 Å². The lowest BCUT2D eigenvalue weighted by atomic mass is 9.94. The number of hydrogen-bond acceptors (Lipinski definition) is 3. The van der Waals surface area contributed by atoms with Crippen LogP contribution in [-0.2, 0) is 13.6 Å². The SMILES string of the molecule is Cc1ccccc1C1CCN(C(=NCc2nnc(C)n2C)NC2CCCC2)C1.I. The van der Waals surface area contributed by atoms with E-state index in [2.05, 4.69) is 51.6 Å². The van der Waals surface area contributed by atoms with Gasteiger partial charge in [-0.15, -0.1) is 34.2 Å². The van der Waals surface area contributed by atoms with Crippen LogP contribution in [0.4, 0.5) is 0 Å². The maximum Gasteiger partial charge on any atom is 0.194 e. The standard InChI is InChI=1S/C22H32N6.HI/c1-16-8-4-7-11-20(16)18-12-13-28(15-18)22(24-19-9-5-6-10-19)23-14-21-26-25-17(2)27(21)3;/h4,7-8,11,18-19H,5-6,9-10,12-15H2,1-3H3,(H,23,24);1H. The van der Waals surface area contributed by atoms with Gasteiger partial charge in [-0.2, -0.15) is 0 Å². The van der Waals surface area contributed by atoms with Gasteiger partial charge in [0.05, 0.1) is 0 Å². The fourth-order valence-corrected chi connectivity index (χ4v) is 4.48. The molecule has 158 valence electrons. The lowest BCUT2D eigenvalue weighted by molar-refractivity contribution is 0.464. The van der Waals surface area contributed by atoms with Crippen molar-refractivity contribution in [1.29, 1.82) is 0 Å². The van der Waals surface area contributed by atoms with Gasteiger partial charge in [-0.1, -0.05) is 37.1 Å². The van der Waals surface area contributed by atoms with Crippen molar-refractivity contribution in [3.05, 3.63) is 47.0 Å². The van der Waals surface area contributed by atoms with Crippen LogP contribution in [-0.4, -0.2) is 44.8 Å². The number of nitrogens with one attached hydrogen (secondary N) is 1. The Balaban J connectivity index is 0.00000240. The van der Waals surface area contributed by atoms with Gasteiger partial charge < -0.3 is 14.8 Å². The van der Waals surface area contributed by atoms with Crippen LogP contribution in [0.3, 0.4) is 0 Å². The van der Waals surface area contributed by atoms with Crippen molar-refractivity contribution in [1.82, 2.24) is 25.0 Å². The van der Waals surface area contributed by atoms with Crippen LogP contribution in [0.15, 0.2) is 29.3 Å². The minimum atomic E-state index is 0. The Kier molecular flexibility index (Phi) is 7.54. The van der Waals surface area contributed by atoms with E-state index in [0.717, 1.165) is 30.7 Å². The molecular formula is C22H33IN6. The highest BCUT2D eigenvalue weighted by molar-refractivity contribution is 14.0. The average molecular weight is 508 g/mol. The van der Waals surface area contributed by atoms with Gasteiger partial charge in [0.25, 0.3) is 0 Å². The Bertz CT molecular complexity index is 840. The Labute approximate surface area is 191 Å². The van der Waals surface area contributed by atoms with E-state index in [4.69, 9.17) is 4.99 Å². The summed E-state index contributed by atoms with van der Waals surface area (Å²) in [6.07, 6.45) is 6.31. The number of guanidine groups is 1. The van der Waals surface area contributed by atoms with E-state index in [1.807, 2.05) is 18.5 Å². The number of likely N-dealkylation sites (tertiary alicyclic amines) is 1. The predicted octanol–water partition coefficient (Wildman–Crippen LogP) is 3.93. The van der Waals surface area contributed by atoms with Crippen molar-refractivity contribution < 1.29 is 0 Å². The zero-order valence-electron chi connectivity index (χ0n) is 17.8. The molecule has 1 unspecified atom stereocenters. The molecule has 0 radical (unpaired) electrons. The molecule has 29 heavy (non-hydrogen) atoms. The van der Waals surface area contributed by atoms with E-state index in [1.165, 1.54) is 43.2 Å². The summed E-state index contributed by atoms with van der Waals surface area (Å²) in [5, 5.41) is 12.2. The third-order valence-corrected chi connectivity index (χ3v) is 6.36. The van der Waals surface area contributed by atoms with Gasteiger partial charge in [-0.05, 0) is 44.2 Å². The predicted molar refractivity (Wildman–Crippen MR) is 128 cm³/mol. The number of aliphatic imine (C=N–C) groups is 1. The van der Waals surface area contributed by atoms with Gasteiger partial charge in [0.15, 0.2) is 11.8 Å². The van der Waals surface area contributed by atoms with Crippen LogP contribution in [0.5, 0.6) is 0 Å². The van der Waals surface area contributed by atoms with Gasteiger partial charge in [-0.3, -0.25) is 0 Å². The van der Waals surface area contributed by atoms with Crippen molar-refractivity contribution >= 4 is 29.9 Å². The van der Waals surface area contributed by atoms with E-state index < -0.39 is 0 Å². The molecule has 1 aliphatic heterocycles. The van der Waals surface area contributed by atoms with Gasteiger partial charge in [0.2, 0.25) is 0 Å². The van der Waals surface area contributed by atoms with Crippen LogP contribution in [0.2, 0.25) is 0 Å². The summed E-state index contributed by atoms with van der Waals surface area (Å²) in [5.74, 6) is 3.46. The lowest BCUT2D eigenvalue weighted by Gasteiger charge is -2.25. The van der Waals surface area contributed by atoms with Gasteiger partial charge in [-0.25, -0.2) is 4.99 Å². The zero-order chi connectivity index (χ0) is 19.5. The molecule has 2 heterocycles. The van der Waals surface area contributed by atoms with Crippen LogP contribution in [0.1, 0.15) is 60.8 Å². The summed E-state index contributed by atoms with van der Waals surface area (Å²) in [4.78, 5) is 7.42. The number of aryl methyl sites for hydroxylation is 2. The molecule has 1 aromatic heterocycles. The number of hydrogen-bond donors (Lipinski definition) is 1. The molecule has 4 rings (SSSR count). The average Bonchev–Trinajstić information content (AvgIpc) is 3.43. The molecule has 6 nitrogen and oxygen atoms in total. The smallest absolute Gasteiger partial charge is 0.194 e. The second kappa shape index (κ2) is 9.91. The van der Waals surface area contributed by atoms with E-state index in [0.29, 0.717) is 18.5 Å². The first kappa shape index (κ1) is 22.1. The lowest BCUT2D eigenvalue weighted by Crippen LogP contribution is -2.44.